The third-order valence-electron chi connectivity index (χ3n) is 2.54. The molecule has 0 saturated carbocycles. The first-order chi connectivity index (χ1) is 8.24. The summed E-state index contributed by atoms with van der Waals surface area (Å²) < 4.78 is 0.746. The summed E-state index contributed by atoms with van der Waals surface area (Å²) in [5.74, 6) is 0.271. The van der Waals surface area contributed by atoms with E-state index in [1.54, 1.807) is 0 Å². The van der Waals surface area contributed by atoms with Crippen molar-refractivity contribution in [1.82, 2.24) is 0 Å². The third kappa shape index (κ3) is 3.99. The molecule has 0 unspecified atom stereocenters. The molecule has 0 atom stereocenters. The Balaban J connectivity index is 1.82. The molecule has 88 valence electrons. The van der Waals surface area contributed by atoms with Gasteiger partial charge in [-0.15, -0.1) is 11.3 Å². The highest BCUT2D eigenvalue weighted by Gasteiger charge is 2.06. The first-order valence-corrected chi connectivity index (χ1v) is 6.73. The Labute approximate surface area is 110 Å². The van der Waals surface area contributed by atoms with Crippen LogP contribution in [0.4, 0.5) is 0 Å². The molecule has 0 bridgehead atoms. The van der Waals surface area contributed by atoms with Gasteiger partial charge < -0.3 is 0 Å². The minimum atomic E-state index is 0.271. The number of rotatable bonds is 5. The third-order valence-corrected chi connectivity index (χ3v) is 3.77. The second-order valence-electron chi connectivity index (χ2n) is 3.91. The van der Waals surface area contributed by atoms with Gasteiger partial charge in [-0.25, -0.2) is 0 Å². The van der Waals surface area contributed by atoms with E-state index in [1.807, 2.05) is 30.3 Å². The minimum absolute atomic E-state index is 0.271. The van der Waals surface area contributed by atoms with E-state index < -0.39 is 0 Å². The van der Waals surface area contributed by atoms with Gasteiger partial charge in [-0.3, -0.25) is 4.79 Å². The lowest BCUT2D eigenvalue weighted by molar-refractivity contribution is -0.118. The molecule has 0 amide bonds. The Morgan fingerprint density at radius 1 is 1.12 bits per heavy atom. The maximum Gasteiger partial charge on any atom is 0.138 e. The van der Waals surface area contributed by atoms with Gasteiger partial charge in [0.05, 0.1) is 4.34 Å². The number of ketones is 1. The number of aryl methyl sites for hydroxylation is 1. The van der Waals surface area contributed by atoms with Crippen molar-refractivity contribution in [2.45, 2.75) is 19.3 Å². The topological polar surface area (TPSA) is 17.1 Å². The highest BCUT2D eigenvalue weighted by atomic mass is 35.5. The van der Waals surface area contributed by atoms with Crippen molar-refractivity contribution in [3.05, 3.63) is 57.2 Å². The van der Waals surface area contributed by atoms with Crippen molar-refractivity contribution in [2.75, 3.05) is 0 Å². The molecule has 0 aliphatic carbocycles. The van der Waals surface area contributed by atoms with E-state index in [9.17, 15) is 4.79 Å². The molecule has 2 aromatic rings. The lowest BCUT2D eigenvalue weighted by Gasteiger charge is -2.00. The smallest absolute Gasteiger partial charge is 0.138 e. The van der Waals surface area contributed by atoms with Crippen molar-refractivity contribution in [1.29, 1.82) is 0 Å². The standard InChI is InChI=1S/C14H13ClOS/c15-14-9-8-13(17-14)10-12(16)7-6-11-4-2-1-3-5-11/h1-5,8-9H,6-7,10H2. The zero-order valence-corrected chi connectivity index (χ0v) is 10.9. The summed E-state index contributed by atoms with van der Waals surface area (Å²) in [5.41, 5.74) is 1.21. The number of carbonyl (C=O) groups excluding carboxylic acids is 1. The number of halogens is 1. The van der Waals surface area contributed by atoms with Crippen molar-refractivity contribution in [3.63, 3.8) is 0 Å². The maximum absolute atomic E-state index is 11.8. The summed E-state index contributed by atoms with van der Waals surface area (Å²) in [6.45, 7) is 0. The van der Waals surface area contributed by atoms with Crippen molar-refractivity contribution < 1.29 is 4.79 Å². The molecular weight excluding hydrogens is 252 g/mol. The number of Topliss-reactive ketones (excluding diaryl/α,β-unsaturated/α-hetero) is 1. The van der Waals surface area contributed by atoms with Gasteiger partial charge >= 0.3 is 0 Å². The van der Waals surface area contributed by atoms with E-state index in [-0.39, 0.29) is 5.78 Å². The summed E-state index contributed by atoms with van der Waals surface area (Å²) in [7, 11) is 0. The largest absolute Gasteiger partial charge is 0.299 e. The Hall–Kier alpha value is -1.12. The Kier molecular flexibility index (Phi) is 4.35. The first-order valence-electron chi connectivity index (χ1n) is 5.54. The highest BCUT2D eigenvalue weighted by molar-refractivity contribution is 7.16. The molecule has 0 N–H and O–H groups in total. The van der Waals surface area contributed by atoms with Crippen LogP contribution in [0.15, 0.2) is 42.5 Å². The lowest BCUT2D eigenvalue weighted by Crippen LogP contribution is -2.02. The van der Waals surface area contributed by atoms with E-state index in [2.05, 4.69) is 12.1 Å². The molecule has 2 rings (SSSR count). The molecule has 0 fully saturated rings. The van der Waals surface area contributed by atoms with Crippen LogP contribution in [0.3, 0.4) is 0 Å². The average Bonchev–Trinajstić information content (AvgIpc) is 2.73. The molecule has 1 aromatic carbocycles. The van der Waals surface area contributed by atoms with E-state index in [0.29, 0.717) is 12.8 Å². The molecule has 1 aromatic heterocycles. The van der Waals surface area contributed by atoms with Crippen LogP contribution in [0.1, 0.15) is 16.9 Å². The van der Waals surface area contributed by atoms with E-state index in [0.717, 1.165) is 15.6 Å². The summed E-state index contributed by atoms with van der Waals surface area (Å²) in [6.07, 6.45) is 1.92. The van der Waals surface area contributed by atoms with Gasteiger partial charge in [0.15, 0.2) is 0 Å². The van der Waals surface area contributed by atoms with Crippen molar-refractivity contribution in [3.8, 4) is 0 Å². The van der Waals surface area contributed by atoms with Crippen LogP contribution in [0.2, 0.25) is 4.34 Å². The van der Waals surface area contributed by atoms with Gasteiger partial charge in [-0.05, 0) is 24.1 Å². The van der Waals surface area contributed by atoms with Gasteiger partial charge in [0.25, 0.3) is 0 Å². The number of carbonyl (C=O) groups is 1. The van der Waals surface area contributed by atoms with Gasteiger partial charge in [-0.2, -0.15) is 0 Å². The van der Waals surface area contributed by atoms with Crippen LogP contribution in [0, 0.1) is 0 Å². The first kappa shape index (κ1) is 12.3. The summed E-state index contributed by atoms with van der Waals surface area (Å²) in [6, 6.07) is 13.8. The molecule has 0 aliphatic heterocycles. The molecule has 1 heterocycles. The van der Waals surface area contributed by atoms with Crippen LogP contribution in [-0.4, -0.2) is 5.78 Å². The lowest BCUT2D eigenvalue weighted by atomic mass is 10.1. The fourth-order valence-corrected chi connectivity index (χ4v) is 2.77. The number of hydrogen-bond acceptors (Lipinski definition) is 2. The summed E-state index contributed by atoms with van der Waals surface area (Å²) in [5, 5.41) is 0. The van der Waals surface area contributed by atoms with Crippen molar-refractivity contribution in [2.24, 2.45) is 0 Å². The molecular formula is C14H13ClOS. The minimum Gasteiger partial charge on any atom is -0.299 e. The molecule has 0 spiro atoms. The monoisotopic (exact) mass is 264 g/mol. The number of benzene rings is 1. The highest BCUT2D eigenvalue weighted by Crippen LogP contribution is 2.22. The predicted molar refractivity (Wildman–Crippen MR) is 72.8 cm³/mol. The van der Waals surface area contributed by atoms with Crippen LogP contribution in [0.25, 0.3) is 0 Å². The van der Waals surface area contributed by atoms with Crippen LogP contribution in [0.5, 0.6) is 0 Å². The Morgan fingerprint density at radius 2 is 1.88 bits per heavy atom. The number of thiophene rings is 1. The normalized spacial score (nSPS) is 10.4. The predicted octanol–water partition coefficient (Wildman–Crippen LogP) is 4.15. The van der Waals surface area contributed by atoms with E-state index in [4.69, 9.17) is 11.6 Å². The number of hydrogen-bond donors (Lipinski definition) is 0. The summed E-state index contributed by atoms with van der Waals surface area (Å²) >= 11 is 7.31. The molecule has 0 radical (unpaired) electrons. The summed E-state index contributed by atoms with van der Waals surface area (Å²) in [4.78, 5) is 12.8. The zero-order valence-electron chi connectivity index (χ0n) is 9.36. The second kappa shape index (κ2) is 5.99. The van der Waals surface area contributed by atoms with Crippen LogP contribution >= 0.6 is 22.9 Å². The Morgan fingerprint density at radius 3 is 2.53 bits per heavy atom. The van der Waals surface area contributed by atoms with Gasteiger partial charge in [0.2, 0.25) is 0 Å². The van der Waals surface area contributed by atoms with Gasteiger partial charge in [0, 0.05) is 17.7 Å². The Bertz CT molecular complexity index is 490. The molecule has 3 heteroatoms. The van der Waals surface area contributed by atoms with Crippen molar-refractivity contribution >= 4 is 28.7 Å². The molecule has 0 saturated heterocycles. The molecule has 0 aliphatic rings. The van der Waals surface area contributed by atoms with Gasteiger partial charge in [0.1, 0.15) is 5.78 Å². The van der Waals surface area contributed by atoms with E-state index in [1.165, 1.54) is 16.9 Å². The molecule has 17 heavy (non-hydrogen) atoms. The fraction of sp³-hybridized carbons (Fsp3) is 0.214. The van der Waals surface area contributed by atoms with Gasteiger partial charge in [-0.1, -0.05) is 41.9 Å². The van der Waals surface area contributed by atoms with Crippen LogP contribution in [-0.2, 0) is 17.6 Å². The average molecular weight is 265 g/mol. The van der Waals surface area contributed by atoms with Crippen LogP contribution < -0.4 is 0 Å². The molecule has 1 nitrogen and oxygen atoms in total. The quantitative estimate of drug-likeness (QED) is 0.793. The SMILES string of the molecule is O=C(CCc1ccccc1)Cc1ccc(Cl)s1. The second-order valence-corrected chi connectivity index (χ2v) is 5.71. The maximum atomic E-state index is 11.8. The zero-order chi connectivity index (χ0) is 12.1. The van der Waals surface area contributed by atoms with E-state index >= 15 is 0 Å². The fourth-order valence-electron chi connectivity index (χ4n) is 1.66.